The van der Waals surface area contributed by atoms with E-state index in [1.807, 2.05) is 12.1 Å². The molecule has 0 aliphatic heterocycles. The third-order valence-electron chi connectivity index (χ3n) is 1.71. The first kappa shape index (κ1) is 11.7. The molecule has 1 aromatic rings. The van der Waals surface area contributed by atoms with Crippen molar-refractivity contribution in [1.82, 2.24) is 10.6 Å². The highest BCUT2D eigenvalue weighted by molar-refractivity contribution is 6.32. The van der Waals surface area contributed by atoms with Gasteiger partial charge in [-0.2, -0.15) is 0 Å². The van der Waals surface area contributed by atoms with Gasteiger partial charge in [0.05, 0.1) is 11.6 Å². The van der Waals surface area contributed by atoms with Crippen LogP contribution in [-0.4, -0.2) is 26.2 Å². The molecule has 0 saturated carbocycles. The molecule has 0 fully saturated rings. The van der Waals surface area contributed by atoms with Crippen LogP contribution in [0.25, 0.3) is 0 Å². The molecule has 5 heteroatoms. The fourth-order valence-electron chi connectivity index (χ4n) is 0.976. The van der Waals surface area contributed by atoms with E-state index in [9.17, 15) is 4.79 Å². The second-order valence-corrected chi connectivity index (χ2v) is 3.19. The van der Waals surface area contributed by atoms with Gasteiger partial charge in [-0.05, 0) is 12.1 Å². The Balaban J connectivity index is 2.26. The molecule has 0 aliphatic carbocycles. The maximum Gasteiger partial charge on any atom is 0.314 e. The van der Waals surface area contributed by atoms with Crippen molar-refractivity contribution in [2.75, 3.05) is 20.2 Å². The van der Waals surface area contributed by atoms with Crippen LogP contribution in [0.2, 0.25) is 5.02 Å². The van der Waals surface area contributed by atoms with Gasteiger partial charge in [0, 0.05) is 7.05 Å². The molecule has 0 heterocycles. The number of para-hydroxylation sites is 1. The summed E-state index contributed by atoms with van der Waals surface area (Å²) in [7, 11) is 1.56. The molecule has 15 heavy (non-hydrogen) atoms. The van der Waals surface area contributed by atoms with E-state index in [-0.39, 0.29) is 6.03 Å². The Kier molecular flexibility index (Phi) is 4.77. The van der Waals surface area contributed by atoms with E-state index in [1.54, 1.807) is 19.2 Å². The first-order valence-corrected chi connectivity index (χ1v) is 4.94. The zero-order valence-corrected chi connectivity index (χ0v) is 9.17. The number of halogens is 1. The van der Waals surface area contributed by atoms with Crippen molar-refractivity contribution in [2.45, 2.75) is 0 Å². The number of hydrogen-bond donors (Lipinski definition) is 2. The third kappa shape index (κ3) is 4.08. The van der Waals surface area contributed by atoms with Gasteiger partial charge < -0.3 is 15.4 Å². The van der Waals surface area contributed by atoms with Gasteiger partial charge in [0.2, 0.25) is 0 Å². The fourth-order valence-corrected chi connectivity index (χ4v) is 1.17. The predicted molar refractivity (Wildman–Crippen MR) is 59.4 cm³/mol. The summed E-state index contributed by atoms with van der Waals surface area (Å²) in [5, 5.41) is 5.61. The molecule has 2 amide bonds. The van der Waals surface area contributed by atoms with Crippen LogP contribution in [0, 0.1) is 0 Å². The number of carbonyl (C=O) groups excluding carboxylic acids is 1. The lowest BCUT2D eigenvalue weighted by Crippen LogP contribution is -2.35. The largest absolute Gasteiger partial charge is 0.490 e. The van der Waals surface area contributed by atoms with E-state index in [2.05, 4.69) is 10.6 Å². The maximum atomic E-state index is 10.8. The van der Waals surface area contributed by atoms with Gasteiger partial charge in [-0.1, -0.05) is 23.7 Å². The van der Waals surface area contributed by atoms with Crippen LogP contribution >= 0.6 is 11.6 Å². The lowest BCUT2D eigenvalue weighted by molar-refractivity contribution is 0.238. The van der Waals surface area contributed by atoms with Gasteiger partial charge >= 0.3 is 6.03 Å². The number of amides is 2. The summed E-state index contributed by atoms with van der Waals surface area (Å²) in [6.07, 6.45) is 0. The van der Waals surface area contributed by atoms with Crippen LogP contribution in [0.5, 0.6) is 5.75 Å². The van der Waals surface area contributed by atoms with Gasteiger partial charge in [0.1, 0.15) is 12.4 Å². The van der Waals surface area contributed by atoms with Crippen LogP contribution in [0.15, 0.2) is 24.3 Å². The normalized spacial score (nSPS) is 9.47. The van der Waals surface area contributed by atoms with Crippen LogP contribution in [0.4, 0.5) is 4.79 Å². The van der Waals surface area contributed by atoms with Crippen LogP contribution in [0.1, 0.15) is 0 Å². The maximum absolute atomic E-state index is 10.8. The minimum atomic E-state index is -0.224. The molecule has 1 rings (SSSR count). The molecule has 2 N–H and O–H groups in total. The molecular formula is C10H13ClN2O2. The van der Waals surface area contributed by atoms with Crippen molar-refractivity contribution < 1.29 is 9.53 Å². The predicted octanol–water partition coefficient (Wildman–Crippen LogP) is 1.65. The summed E-state index contributed by atoms with van der Waals surface area (Å²) in [6, 6.07) is 6.98. The summed E-state index contributed by atoms with van der Waals surface area (Å²) in [5.74, 6) is 0.623. The van der Waals surface area contributed by atoms with Crippen molar-refractivity contribution in [3.63, 3.8) is 0 Å². The highest BCUT2D eigenvalue weighted by Crippen LogP contribution is 2.22. The van der Waals surface area contributed by atoms with Crippen molar-refractivity contribution in [3.05, 3.63) is 29.3 Å². The minimum Gasteiger partial charge on any atom is -0.490 e. The van der Waals surface area contributed by atoms with E-state index < -0.39 is 0 Å². The van der Waals surface area contributed by atoms with Gasteiger partial charge in [-0.25, -0.2) is 4.79 Å². The van der Waals surface area contributed by atoms with Crippen LogP contribution in [-0.2, 0) is 0 Å². The SMILES string of the molecule is CNC(=O)NCCOc1ccccc1Cl. The van der Waals surface area contributed by atoms with Gasteiger partial charge in [0.15, 0.2) is 0 Å². The summed E-state index contributed by atoms with van der Waals surface area (Å²) in [5.41, 5.74) is 0. The van der Waals surface area contributed by atoms with Crippen molar-refractivity contribution in [2.24, 2.45) is 0 Å². The fraction of sp³-hybridized carbons (Fsp3) is 0.300. The zero-order chi connectivity index (χ0) is 11.1. The lowest BCUT2D eigenvalue weighted by atomic mass is 10.3. The topological polar surface area (TPSA) is 50.4 Å². The highest BCUT2D eigenvalue weighted by Gasteiger charge is 1.99. The Bertz CT molecular complexity index is 331. The van der Waals surface area contributed by atoms with Crippen molar-refractivity contribution >= 4 is 17.6 Å². The Hall–Kier alpha value is -1.42. The van der Waals surface area contributed by atoms with Crippen molar-refractivity contribution in [1.29, 1.82) is 0 Å². The van der Waals surface area contributed by atoms with Gasteiger partial charge in [0.25, 0.3) is 0 Å². The van der Waals surface area contributed by atoms with Crippen LogP contribution in [0.3, 0.4) is 0 Å². The zero-order valence-electron chi connectivity index (χ0n) is 8.42. The van der Waals surface area contributed by atoms with E-state index in [1.165, 1.54) is 0 Å². The van der Waals surface area contributed by atoms with Gasteiger partial charge in [-0.3, -0.25) is 0 Å². The number of rotatable bonds is 4. The van der Waals surface area contributed by atoms with E-state index >= 15 is 0 Å². The Morgan fingerprint density at radius 2 is 2.20 bits per heavy atom. The lowest BCUT2D eigenvalue weighted by Gasteiger charge is -2.08. The van der Waals surface area contributed by atoms with E-state index in [0.29, 0.717) is 23.9 Å². The number of urea groups is 1. The first-order chi connectivity index (χ1) is 7.24. The molecule has 0 bridgehead atoms. The van der Waals surface area contributed by atoms with E-state index in [4.69, 9.17) is 16.3 Å². The summed E-state index contributed by atoms with van der Waals surface area (Å²) < 4.78 is 5.36. The molecule has 0 atom stereocenters. The Morgan fingerprint density at radius 1 is 1.47 bits per heavy atom. The summed E-state index contributed by atoms with van der Waals surface area (Å²) in [6.45, 7) is 0.821. The minimum absolute atomic E-state index is 0.224. The molecule has 0 aromatic heterocycles. The summed E-state index contributed by atoms with van der Waals surface area (Å²) >= 11 is 5.87. The van der Waals surface area contributed by atoms with Crippen LogP contribution < -0.4 is 15.4 Å². The monoisotopic (exact) mass is 228 g/mol. The molecule has 1 aromatic carbocycles. The van der Waals surface area contributed by atoms with Gasteiger partial charge in [-0.15, -0.1) is 0 Å². The number of ether oxygens (including phenoxy) is 1. The molecule has 4 nitrogen and oxygen atoms in total. The average Bonchev–Trinajstić information content (AvgIpc) is 2.26. The Labute approximate surface area is 93.6 Å². The molecular weight excluding hydrogens is 216 g/mol. The second kappa shape index (κ2) is 6.14. The number of nitrogens with one attached hydrogen (secondary N) is 2. The summed E-state index contributed by atoms with van der Waals surface area (Å²) in [4.78, 5) is 10.8. The standard InChI is InChI=1S/C10H13ClN2O2/c1-12-10(14)13-6-7-15-9-5-3-2-4-8(9)11/h2-5H,6-7H2,1H3,(H2,12,13,14). The molecule has 0 aliphatic rings. The molecule has 0 spiro atoms. The number of hydrogen-bond acceptors (Lipinski definition) is 2. The smallest absolute Gasteiger partial charge is 0.314 e. The molecule has 82 valence electrons. The average molecular weight is 229 g/mol. The number of benzene rings is 1. The third-order valence-corrected chi connectivity index (χ3v) is 2.02. The highest BCUT2D eigenvalue weighted by atomic mass is 35.5. The Morgan fingerprint density at radius 3 is 2.87 bits per heavy atom. The van der Waals surface area contributed by atoms with Crippen molar-refractivity contribution in [3.8, 4) is 5.75 Å². The molecule has 0 unspecified atom stereocenters. The molecule has 0 radical (unpaired) electrons. The second-order valence-electron chi connectivity index (χ2n) is 2.78. The number of carbonyl (C=O) groups is 1. The molecule has 0 saturated heterocycles. The van der Waals surface area contributed by atoms with E-state index in [0.717, 1.165) is 0 Å². The first-order valence-electron chi connectivity index (χ1n) is 4.57. The quantitative estimate of drug-likeness (QED) is 0.770.